The van der Waals surface area contributed by atoms with Crippen molar-refractivity contribution in [2.24, 2.45) is 5.92 Å². The number of para-hydroxylation sites is 1. The van der Waals surface area contributed by atoms with Gasteiger partial charge in [-0.1, -0.05) is 43.3 Å². The number of hydrogen-bond donors (Lipinski definition) is 2. The molecule has 2 N–H and O–H groups in total. The molecular formula is C25H33N3O2. The molecule has 2 aromatic carbocycles. The molecule has 1 heterocycles. The highest BCUT2D eigenvalue weighted by molar-refractivity contribution is 6.04. The molecule has 1 atom stereocenters. The van der Waals surface area contributed by atoms with Gasteiger partial charge in [-0.25, -0.2) is 0 Å². The summed E-state index contributed by atoms with van der Waals surface area (Å²) in [6.45, 7) is 8.89. The van der Waals surface area contributed by atoms with Crippen LogP contribution in [0.3, 0.4) is 0 Å². The average molecular weight is 408 g/mol. The van der Waals surface area contributed by atoms with Crippen molar-refractivity contribution in [3.63, 3.8) is 0 Å². The highest BCUT2D eigenvalue weighted by atomic mass is 16.2. The lowest BCUT2D eigenvalue weighted by atomic mass is 9.95. The highest BCUT2D eigenvalue weighted by Crippen LogP contribution is 2.23. The summed E-state index contributed by atoms with van der Waals surface area (Å²) in [4.78, 5) is 27.9. The largest absolute Gasteiger partial charge is 0.350 e. The maximum atomic E-state index is 12.9. The van der Waals surface area contributed by atoms with Crippen LogP contribution < -0.4 is 10.6 Å². The van der Waals surface area contributed by atoms with Gasteiger partial charge in [0.15, 0.2) is 0 Å². The second kappa shape index (κ2) is 10.4. The minimum atomic E-state index is -0.145. The van der Waals surface area contributed by atoms with Crippen molar-refractivity contribution in [1.82, 2.24) is 10.2 Å². The van der Waals surface area contributed by atoms with Crippen molar-refractivity contribution >= 4 is 17.5 Å². The number of nitrogens with one attached hydrogen (secondary N) is 2. The highest BCUT2D eigenvalue weighted by Gasteiger charge is 2.26. The van der Waals surface area contributed by atoms with E-state index < -0.39 is 0 Å². The fourth-order valence-corrected chi connectivity index (χ4v) is 3.81. The van der Waals surface area contributed by atoms with Gasteiger partial charge in [-0.3, -0.25) is 14.5 Å². The first-order valence-corrected chi connectivity index (χ1v) is 11.0. The summed E-state index contributed by atoms with van der Waals surface area (Å²) in [5.41, 5.74) is 3.76. The van der Waals surface area contributed by atoms with Gasteiger partial charge in [-0.2, -0.15) is 0 Å². The average Bonchev–Trinajstić information content (AvgIpc) is 2.76. The number of aryl methyl sites for hydroxylation is 1. The first-order chi connectivity index (χ1) is 14.5. The van der Waals surface area contributed by atoms with Gasteiger partial charge >= 0.3 is 0 Å². The lowest BCUT2D eigenvalue weighted by molar-refractivity contribution is -0.121. The van der Waals surface area contributed by atoms with Crippen LogP contribution in [0.4, 0.5) is 5.69 Å². The van der Waals surface area contributed by atoms with Crippen LogP contribution in [0, 0.1) is 12.8 Å². The number of likely N-dealkylation sites (tertiary alicyclic amines) is 1. The monoisotopic (exact) mass is 407 g/mol. The Morgan fingerprint density at radius 3 is 2.43 bits per heavy atom. The second-order valence-electron chi connectivity index (χ2n) is 8.29. The second-order valence-corrected chi connectivity index (χ2v) is 8.29. The zero-order valence-electron chi connectivity index (χ0n) is 18.3. The summed E-state index contributed by atoms with van der Waals surface area (Å²) in [5.74, 6) is -0.161. The van der Waals surface area contributed by atoms with Crippen LogP contribution in [0.1, 0.15) is 54.6 Å². The summed E-state index contributed by atoms with van der Waals surface area (Å²) in [7, 11) is 0. The van der Waals surface area contributed by atoms with Crippen LogP contribution in [0.25, 0.3) is 0 Å². The van der Waals surface area contributed by atoms with Gasteiger partial charge in [0, 0.05) is 18.5 Å². The van der Waals surface area contributed by atoms with E-state index in [1.807, 2.05) is 26.0 Å². The molecule has 1 aliphatic heterocycles. The molecule has 2 amide bonds. The number of nitrogens with zero attached hydrogens (tertiary/aromatic N) is 1. The van der Waals surface area contributed by atoms with Crippen LogP contribution in [-0.2, 0) is 11.3 Å². The van der Waals surface area contributed by atoms with Crippen molar-refractivity contribution in [2.45, 2.75) is 52.6 Å². The minimum absolute atomic E-state index is 0.00864. The van der Waals surface area contributed by atoms with Crippen LogP contribution in [0.5, 0.6) is 0 Å². The van der Waals surface area contributed by atoms with Crippen molar-refractivity contribution in [3.05, 3.63) is 65.2 Å². The molecule has 0 aliphatic carbocycles. The molecule has 2 aromatic rings. The molecule has 160 valence electrons. The van der Waals surface area contributed by atoms with Gasteiger partial charge in [0.25, 0.3) is 5.91 Å². The maximum Gasteiger partial charge on any atom is 0.253 e. The number of hydrogen-bond acceptors (Lipinski definition) is 3. The van der Waals surface area contributed by atoms with Gasteiger partial charge in [-0.05, 0) is 69.5 Å². The van der Waals surface area contributed by atoms with E-state index in [1.54, 1.807) is 12.1 Å². The number of piperidine rings is 1. The SMILES string of the molecule is CC[C@H](C)NC(=O)c1ccccc1NC(=O)C1CCN(Cc2ccccc2C)CC1. The van der Waals surface area contributed by atoms with Gasteiger partial charge < -0.3 is 10.6 Å². The van der Waals surface area contributed by atoms with Gasteiger partial charge in [-0.15, -0.1) is 0 Å². The van der Waals surface area contributed by atoms with E-state index in [0.717, 1.165) is 38.9 Å². The predicted molar refractivity (Wildman–Crippen MR) is 121 cm³/mol. The van der Waals surface area contributed by atoms with Crippen molar-refractivity contribution in [1.29, 1.82) is 0 Å². The lowest BCUT2D eigenvalue weighted by Gasteiger charge is -2.31. The van der Waals surface area contributed by atoms with Crippen molar-refractivity contribution < 1.29 is 9.59 Å². The number of benzene rings is 2. The van der Waals surface area contributed by atoms with E-state index in [4.69, 9.17) is 0 Å². The van der Waals surface area contributed by atoms with Gasteiger partial charge in [0.2, 0.25) is 5.91 Å². The van der Waals surface area contributed by atoms with Gasteiger partial charge in [0.1, 0.15) is 0 Å². The smallest absolute Gasteiger partial charge is 0.253 e. The van der Waals surface area contributed by atoms with Crippen LogP contribution in [0.15, 0.2) is 48.5 Å². The normalized spacial score (nSPS) is 16.1. The topological polar surface area (TPSA) is 61.4 Å². The molecule has 0 unspecified atom stereocenters. The molecule has 5 nitrogen and oxygen atoms in total. The number of amides is 2. The van der Waals surface area contributed by atoms with Crippen LogP contribution in [-0.4, -0.2) is 35.8 Å². The molecular weight excluding hydrogens is 374 g/mol. The predicted octanol–water partition coefficient (Wildman–Crippen LogP) is 4.37. The number of carbonyl (C=O) groups excluding carboxylic acids is 2. The first-order valence-electron chi connectivity index (χ1n) is 11.0. The summed E-state index contributed by atoms with van der Waals surface area (Å²) >= 11 is 0. The molecule has 0 saturated carbocycles. The fraction of sp³-hybridized carbons (Fsp3) is 0.440. The van der Waals surface area contributed by atoms with Crippen molar-refractivity contribution in [3.8, 4) is 0 Å². The Kier molecular flexibility index (Phi) is 7.63. The molecule has 1 fully saturated rings. The minimum Gasteiger partial charge on any atom is -0.350 e. The van der Waals surface area contributed by atoms with E-state index in [9.17, 15) is 9.59 Å². The van der Waals surface area contributed by atoms with Crippen LogP contribution >= 0.6 is 0 Å². The zero-order chi connectivity index (χ0) is 21.5. The van der Waals surface area contributed by atoms with Gasteiger partial charge in [0.05, 0.1) is 11.3 Å². The first kappa shape index (κ1) is 22.0. The number of rotatable bonds is 7. The van der Waals surface area contributed by atoms with Crippen molar-refractivity contribution in [2.75, 3.05) is 18.4 Å². The quantitative estimate of drug-likeness (QED) is 0.716. The third-order valence-corrected chi connectivity index (χ3v) is 6.03. The molecule has 0 spiro atoms. The maximum absolute atomic E-state index is 12.9. The third-order valence-electron chi connectivity index (χ3n) is 6.03. The number of carbonyl (C=O) groups is 2. The molecule has 5 heteroatoms. The fourth-order valence-electron chi connectivity index (χ4n) is 3.81. The zero-order valence-corrected chi connectivity index (χ0v) is 18.3. The Bertz CT molecular complexity index is 872. The Morgan fingerprint density at radius 1 is 1.07 bits per heavy atom. The third kappa shape index (κ3) is 5.70. The van der Waals surface area contributed by atoms with E-state index in [1.165, 1.54) is 11.1 Å². The summed E-state index contributed by atoms with van der Waals surface area (Å²) in [5, 5.41) is 5.98. The molecule has 0 aromatic heterocycles. The standard InChI is InChI=1S/C25H33N3O2/c1-4-19(3)26-25(30)22-11-7-8-12-23(22)27-24(29)20-13-15-28(16-14-20)17-21-10-6-5-9-18(21)2/h5-12,19-20H,4,13-17H2,1-3H3,(H,26,30)(H,27,29)/t19-/m0/s1. The van der Waals surface area contributed by atoms with E-state index >= 15 is 0 Å². The van der Waals surface area contributed by atoms with E-state index in [0.29, 0.717) is 11.3 Å². The van der Waals surface area contributed by atoms with Crippen LogP contribution in [0.2, 0.25) is 0 Å². The van der Waals surface area contributed by atoms with E-state index in [-0.39, 0.29) is 23.8 Å². The van der Waals surface area contributed by atoms with E-state index in [2.05, 4.69) is 46.7 Å². The molecule has 3 rings (SSSR count). The Labute approximate surface area is 179 Å². The summed E-state index contributed by atoms with van der Waals surface area (Å²) < 4.78 is 0. The molecule has 0 radical (unpaired) electrons. The summed E-state index contributed by atoms with van der Waals surface area (Å²) in [6.07, 6.45) is 2.53. The Hall–Kier alpha value is -2.66. The molecule has 30 heavy (non-hydrogen) atoms. The number of anilines is 1. The lowest BCUT2D eigenvalue weighted by Crippen LogP contribution is -2.38. The Morgan fingerprint density at radius 2 is 1.73 bits per heavy atom. The Balaban J connectivity index is 1.56. The molecule has 1 aliphatic rings. The molecule has 0 bridgehead atoms. The molecule has 1 saturated heterocycles. The summed E-state index contributed by atoms with van der Waals surface area (Å²) in [6, 6.07) is 15.8.